The minimum Gasteiger partial charge on any atom is -0.468 e. The number of aryl methyl sites for hydroxylation is 1. The number of nitrogens with zero attached hydrogens (tertiary/aromatic N) is 2. The summed E-state index contributed by atoms with van der Waals surface area (Å²) >= 11 is 7.52. The summed E-state index contributed by atoms with van der Waals surface area (Å²) in [5.41, 5.74) is 1.50. The van der Waals surface area contributed by atoms with Crippen molar-refractivity contribution in [2.45, 2.75) is 26.7 Å². The van der Waals surface area contributed by atoms with E-state index in [2.05, 4.69) is 22.0 Å². The molecule has 0 spiro atoms. The Bertz CT molecular complexity index is 1030. The highest BCUT2D eigenvalue weighted by Crippen LogP contribution is 2.30. The van der Waals surface area contributed by atoms with Crippen molar-refractivity contribution in [1.29, 1.82) is 0 Å². The predicted octanol–water partition coefficient (Wildman–Crippen LogP) is 4.56. The maximum atomic E-state index is 12.0. The zero-order chi connectivity index (χ0) is 18.8. The first-order valence-electron chi connectivity index (χ1n) is 8.01. The first-order chi connectivity index (χ1) is 12.4. The molecule has 0 radical (unpaired) electrons. The van der Waals surface area contributed by atoms with Crippen LogP contribution >= 0.6 is 22.9 Å². The van der Waals surface area contributed by atoms with E-state index in [1.807, 2.05) is 26.8 Å². The fourth-order valence-electron chi connectivity index (χ4n) is 2.65. The highest BCUT2D eigenvalue weighted by atomic mass is 35.5. The van der Waals surface area contributed by atoms with Crippen molar-refractivity contribution < 1.29 is 14.1 Å². The van der Waals surface area contributed by atoms with Crippen molar-refractivity contribution >= 4 is 39.1 Å². The molecule has 0 aliphatic carbocycles. The molecule has 1 atom stereocenters. The van der Waals surface area contributed by atoms with Gasteiger partial charge in [-0.2, -0.15) is 0 Å². The minimum atomic E-state index is -0.500. The third-order valence-corrected chi connectivity index (χ3v) is 5.36. The van der Waals surface area contributed by atoms with Crippen molar-refractivity contribution in [3.05, 3.63) is 45.2 Å². The van der Waals surface area contributed by atoms with E-state index in [9.17, 15) is 4.79 Å². The highest BCUT2D eigenvalue weighted by Gasteiger charge is 2.29. The van der Waals surface area contributed by atoms with Gasteiger partial charge in [0.1, 0.15) is 10.7 Å². The second kappa shape index (κ2) is 7.48. The zero-order valence-corrected chi connectivity index (χ0v) is 16.4. The molecule has 134 valence electrons. The van der Waals surface area contributed by atoms with Gasteiger partial charge in [-0.25, -0.2) is 4.98 Å². The summed E-state index contributed by atoms with van der Waals surface area (Å²) < 4.78 is 10.2. The maximum Gasteiger partial charge on any atom is 0.316 e. The Morgan fingerprint density at radius 1 is 1.35 bits per heavy atom. The van der Waals surface area contributed by atoms with Gasteiger partial charge in [-0.3, -0.25) is 4.79 Å². The normalized spacial score (nSPS) is 12.1. The molecule has 5 nitrogen and oxygen atoms in total. The van der Waals surface area contributed by atoms with Gasteiger partial charge >= 0.3 is 5.97 Å². The van der Waals surface area contributed by atoms with Crippen molar-refractivity contribution in [2.75, 3.05) is 7.11 Å². The van der Waals surface area contributed by atoms with Crippen LogP contribution in [0.5, 0.6) is 0 Å². The fraction of sp³-hybridized carbons (Fsp3) is 0.316. The summed E-state index contributed by atoms with van der Waals surface area (Å²) in [4.78, 5) is 18.1. The third kappa shape index (κ3) is 3.59. The molecular weight excluding hydrogens is 372 g/mol. The van der Waals surface area contributed by atoms with Crippen molar-refractivity contribution in [1.82, 2.24) is 10.1 Å². The van der Waals surface area contributed by atoms with E-state index in [1.165, 1.54) is 18.4 Å². The summed E-state index contributed by atoms with van der Waals surface area (Å²) in [6, 6.07) is 3.57. The smallest absolute Gasteiger partial charge is 0.316 e. The molecule has 0 aliphatic heterocycles. The molecular formula is C19H17ClN2O3S. The van der Waals surface area contributed by atoms with Gasteiger partial charge in [0.15, 0.2) is 11.5 Å². The SMILES string of the molecule is COC(=O)C(c1cc(C#Cc2sc3ncc(Cl)cc3c2C)no1)C(C)C. The number of esters is 1. The number of fused-ring (bicyclic) bond motifs is 1. The van der Waals surface area contributed by atoms with Gasteiger partial charge in [-0.15, -0.1) is 11.3 Å². The number of pyridine rings is 1. The number of methoxy groups -OCH3 is 1. The third-order valence-electron chi connectivity index (χ3n) is 4.02. The molecule has 3 aromatic rings. The summed E-state index contributed by atoms with van der Waals surface area (Å²) in [5.74, 6) is 5.73. The van der Waals surface area contributed by atoms with Crippen molar-refractivity contribution in [2.24, 2.45) is 5.92 Å². The first kappa shape index (κ1) is 18.4. The number of hydrogen-bond donors (Lipinski definition) is 0. The van der Waals surface area contributed by atoms with Crippen molar-refractivity contribution in [3.63, 3.8) is 0 Å². The average Bonchev–Trinajstić information content (AvgIpc) is 3.18. The summed E-state index contributed by atoms with van der Waals surface area (Å²) in [6.45, 7) is 5.84. The molecule has 1 unspecified atom stereocenters. The highest BCUT2D eigenvalue weighted by molar-refractivity contribution is 7.19. The molecule has 3 aromatic heterocycles. The van der Waals surface area contributed by atoms with Gasteiger partial charge in [-0.05, 0) is 36.3 Å². The lowest BCUT2D eigenvalue weighted by Crippen LogP contribution is -2.19. The number of thiophene rings is 1. The number of hydrogen-bond acceptors (Lipinski definition) is 6. The molecule has 26 heavy (non-hydrogen) atoms. The fourth-order valence-corrected chi connectivity index (χ4v) is 3.79. The second-order valence-electron chi connectivity index (χ2n) is 6.17. The Labute approximate surface area is 160 Å². The van der Waals surface area contributed by atoms with E-state index in [4.69, 9.17) is 20.9 Å². The van der Waals surface area contributed by atoms with Gasteiger partial charge in [0.25, 0.3) is 0 Å². The van der Waals surface area contributed by atoms with Crippen LogP contribution in [0.2, 0.25) is 5.02 Å². The molecule has 0 saturated heterocycles. The van der Waals surface area contributed by atoms with Crippen LogP contribution < -0.4 is 0 Å². The van der Waals surface area contributed by atoms with Crippen LogP contribution in [0.3, 0.4) is 0 Å². The molecule has 3 heterocycles. The Hall–Kier alpha value is -2.36. The topological polar surface area (TPSA) is 65.2 Å². The van der Waals surface area contributed by atoms with Gasteiger partial charge in [0, 0.05) is 17.6 Å². The van der Waals surface area contributed by atoms with Crippen LogP contribution in [0, 0.1) is 24.7 Å². The molecule has 0 amide bonds. The summed E-state index contributed by atoms with van der Waals surface area (Å²) in [7, 11) is 1.36. The number of ether oxygens (including phenoxy) is 1. The molecule has 7 heteroatoms. The lowest BCUT2D eigenvalue weighted by Gasteiger charge is -2.14. The van der Waals surface area contributed by atoms with E-state index < -0.39 is 5.92 Å². The van der Waals surface area contributed by atoms with E-state index in [1.54, 1.807) is 12.3 Å². The van der Waals surface area contributed by atoms with Crippen LogP contribution in [0.25, 0.3) is 10.2 Å². The van der Waals surface area contributed by atoms with Crippen molar-refractivity contribution in [3.8, 4) is 11.8 Å². The zero-order valence-electron chi connectivity index (χ0n) is 14.8. The standard InChI is InChI=1S/C19H17ClN2O3S/c1-10(2)17(19(23)24-4)15-8-13(22-25-15)5-6-16-11(3)14-7-12(20)9-21-18(14)26-16/h7-10,17H,1-4H3. The minimum absolute atomic E-state index is 0.0249. The first-order valence-corrected chi connectivity index (χ1v) is 9.21. The molecule has 3 rings (SSSR count). The van der Waals surface area contributed by atoms with E-state index >= 15 is 0 Å². The van der Waals surface area contributed by atoms with Gasteiger partial charge in [0.05, 0.1) is 17.0 Å². The molecule has 0 saturated carbocycles. The Morgan fingerprint density at radius 2 is 2.12 bits per heavy atom. The predicted molar refractivity (Wildman–Crippen MR) is 101 cm³/mol. The molecule has 0 fully saturated rings. The Kier molecular flexibility index (Phi) is 5.30. The maximum absolute atomic E-state index is 12.0. The largest absolute Gasteiger partial charge is 0.468 e. The summed E-state index contributed by atoms with van der Waals surface area (Å²) in [5, 5.41) is 5.56. The number of rotatable bonds is 3. The Morgan fingerprint density at radius 3 is 2.81 bits per heavy atom. The molecule has 0 N–H and O–H groups in total. The summed E-state index contributed by atoms with van der Waals surface area (Å²) in [6.07, 6.45) is 1.62. The molecule has 0 bridgehead atoms. The quantitative estimate of drug-likeness (QED) is 0.486. The lowest BCUT2D eigenvalue weighted by atomic mass is 9.93. The van der Waals surface area contributed by atoms with Crippen LogP contribution in [-0.4, -0.2) is 23.2 Å². The van der Waals surface area contributed by atoms with E-state index in [-0.39, 0.29) is 11.9 Å². The van der Waals surface area contributed by atoms with Gasteiger partial charge in [0.2, 0.25) is 0 Å². The number of halogens is 1. The van der Waals surface area contributed by atoms with Crippen LogP contribution in [-0.2, 0) is 9.53 Å². The van der Waals surface area contributed by atoms with Gasteiger partial charge in [-0.1, -0.05) is 30.6 Å². The Balaban J connectivity index is 1.91. The number of aromatic nitrogens is 2. The van der Waals surface area contributed by atoms with Crippen LogP contribution in [0.1, 0.15) is 41.7 Å². The van der Waals surface area contributed by atoms with Gasteiger partial charge < -0.3 is 9.26 Å². The van der Waals surface area contributed by atoms with E-state index in [0.29, 0.717) is 16.5 Å². The molecule has 0 aromatic carbocycles. The lowest BCUT2D eigenvalue weighted by molar-refractivity contribution is -0.144. The molecule has 0 aliphatic rings. The van der Waals surface area contributed by atoms with Crippen LogP contribution in [0.4, 0.5) is 0 Å². The second-order valence-corrected chi connectivity index (χ2v) is 7.61. The average molecular weight is 389 g/mol. The number of carbonyl (C=O) groups excluding carboxylic acids is 1. The van der Waals surface area contributed by atoms with E-state index in [0.717, 1.165) is 20.7 Å². The monoisotopic (exact) mass is 388 g/mol. The van der Waals surface area contributed by atoms with Crippen LogP contribution in [0.15, 0.2) is 22.9 Å². The number of carbonyl (C=O) groups is 1.